The number of aromatic nitrogens is 2. The predicted molar refractivity (Wildman–Crippen MR) is 107 cm³/mol. The molecule has 1 atom stereocenters. The third-order valence-corrected chi connectivity index (χ3v) is 4.99. The van der Waals surface area contributed by atoms with Crippen molar-refractivity contribution in [3.8, 4) is 0 Å². The van der Waals surface area contributed by atoms with Gasteiger partial charge in [0, 0.05) is 36.4 Å². The number of nitrogens with zero attached hydrogens (tertiary/aromatic N) is 4. The van der Waals surface area contributed by atoms with Crippen LogP contribution in [0.15, 0.2) is 40.1 Å². The number of nitrogens with one attached hydrogen (secondary N) is 1. The fraction of sp³-hybridized carbons (Fsp3) is 0.474. The third-order valence-electron chi connectivity index (χ3n) is 4.50. The fourth-order valence-corrected chi connectivity index (χ4v) is 3.55. The molecule has 26 heavy (non-hydrogen) atoms. The second-order valence-corrected chi connectivity index (χ2v) is 7.41. The smallest absolute Gasteiger partial charge is 0.194 e. The number of halogens is 1. The first kappa shape index (κ1) is 18.9. The maximum Gasteiger partial charge on any atom is 0.194 e. The van der Waals surface area contributed by atoms with Crippen molar-refractivity contribution < 1.29 is 4.74 Å². The molecule has 0 spiro atoms. The molecule has 1 aromatic heterocycles. The van der Waals surface area contributed by atoms with E-state index >= 15 is 0 Å². The minimum Gasteiger partial charge on any atom is -0.370 e. The monoisotopic (exact) mass is 419 g/mol. The molecule has 1 unspecified atom stereocenters. The first-order valence-electron chi connectivity index (χ1n) is 8.95. The fourth-order valence-electron chi connectivity index (χ4n) is 3.07. The molecule has 1 aromatic carbocycles. The quantitative estimate of drug-likeness (QED) is 0.611. The van der Waals surface area contributed by atoms with Crippen molar-refractivity contribution >= 4 is 21.9 Å². The highest BCUT2D eigenvalue weighted by Crippen LogP contribution is 2.22. The zero-order chi connectivity index (χ0) is 18.5. The van der Waals surface area contributed by atoms with E-state index < -0.39 is 0 Å². The van der Waals surface area contributed by atoms with Gasteiger partial charge in [-0.05, 0) is 37.1 Å². The molecular formula is C19H26BrN5O. The Morgan fingerprint density at radius 3 is 3.00 bits per heavy atom. The third kappa shape index (κ3) is 4.65. The lowest BCUT2D eigenvalue weighted by atomic mass is 10.1. The average molecular weight is 420 g/mol. The van der Waals surface area contributed by atoms with Crippen LogP contribution in [0.1, 0.15) is 29.7 Å². The van der Waals surface area contributed by atoms with Crippen LogP contribution < -0.4 is 5.32 Å². The predicted octanol–water partition coefficient (Wildman–Crippen LogP) is 3.03. The summed E-state index contributed by atoms with van der Waals surface area (Å²) in [4.78, 5) is 7.15. The van der Waals surface area contributed by atoms with Gasteiger partial charge in [0.1, 0.15) is 6.10 Å². The van der Waals surface area contributed by atoms with Crippen LogP contribution >= 0.6 is 15.9 Å². The lowest BCUT2D eigenvalue weighted by Gasteiger charge is -2.34. The number of ether oxygens (including phenoxy) is 1. The van der Waals surface area contributed by atoms with Crippen molar-refractivity contribution in [2.24, 2.45) is 12.0 Å². The summed E-state index contributed by atoms with van der Waals surface area (Å²) < 4.78 is 8.86. The molecule has 1 fully saturated rings. The summed E-state index contributed by atoms with van der Waals surface area (Å²) in [6, 6.07) is 6.33. The van der Waals surface area contributed by atoms with Crippen LogP contribution in [0.5, 0.6) is 0 Å². The van der Waals surface area contributed by atoms with Gasteiger partial charge in [-0.1, -0.05) is 22.0 Å². The summed E-state index contributed by atoms with van der Waals surface area (Å²) in [5.41, 5.74) is 3.59. The molecule has 0 saturated carbocycles. The van der Waals surface area contributed by atoms with E-state index in [9.17, 15) is 0 Å². The Morgan fingerprint density at radius 1 is 1.46 bits per heavy atom. The van der Waals surface area contributed by atoms with E-state index in [1.54, 1.807) is 0 Å². The van der Waals surface area contributed by atoms with E-state index in [0.717, 1.165) is 35.6 Å². The molecule has 1 aliphatic rings. The molecule has 2 heterocycles. The number of guanidine groups is 1. The van der Waals surface area contributed by atoms with E-state index in [-0.39, 0.29) is 6.10 Å². The van der Waals surface area contributed by atoms with Crippen LogP contribution in [0.4, 0.5) is 0 Å². The summed E-state index contributed by atoms with van der Waals surface area (Å²) in [7, 11) is 1.93. The molecule has 140 valence electrons. The standard InChI is InChI=1S/C19H26BrN5O/c1-4-21-19(22-10-15-5-6-17(20)9-14(15)2)25-7-8-26-18(13-25)16-11-23-24(3)12-16/h5-6,9,11-12,18H,4,7-8,10,13H2,1-3H3,(H,21,22). The Labute approximate surface area is 163 Å². The number of hydrogen-bond acceptors (Lipinski definition) is 3. The molecule has 7 heteroatoms. The highest BCUT2D eigenvalue weighted by Gasteiger charge is 2.25. The SMILES string of the molecule is CCNC(=NCc1ccc(Br)cc1C)N1CCOC(c2cnn(C)c2)C1. The minimum absolute atomic E-state index is 0.0238. The summed E-state index contributed by atoms with van der Waals surface area (Å²) in [5, 5.41) is 7.68. The van der Waals surface area contributed by atoms with Gasteiger partial charge in [-0.15, -0.1) is 0 Å². The molecule has 0 amide bonds. The first-order chi connectivity index (χ1) is 12.6. The lowest BCUT2D eigenvalue weighted by molar-refractivity contribution is -0.00805. The largest absolute Gasteiger partial charge is 0.370 e. The van der Waals surface area contributed by atoms with Crippen molar-refractivity contribution in [2.45, 2.75) is 26.5 Å². The Hall–Kier alpha value is -1.86. The topological polar surface area (TPSA) is 54.7 Å². The number of rotatable bonds is 4. The summed E-state index contributed by atoms with van der Waals surface area (Å²) >= 11 is 3.52. The van der Waals surface area contributed by atoms with Crippen molar-refractivity contribution in [1.82, 2.24) is 20.0 Å². The normalized spacial score (nSPS) is 18.2. The molecule has 6 nitrogen and oxygen atoms in total. The second kappa shape index (κ2) is 8.68. The zero-order valence-electron chi connectivity index (χ0n) is 15.6. The van der Waals surface area contributed by atoms with Gasteiger partial charge in [0.05, 0.1) is 25.9 Å². The molecule has 1 aliphatic heterocycles. The van der Waals surface area contributed by atoms with E-state index in [1.165, 1.54) is 11.1 Å². The Bertz CT molecular complexity index is 773. The van der Waals surface area contributed by atoms with Crippen LogP contribution in [0.25, 0.3) is 0 Å². The first-order valence-corrected chi connectivity index (χ1v) is 9.74. The molecule has 1 saturated heterocycles. The molecule has 0 radical (unpaired) electrons. The van der Waals surface area contributed by atoms with Gasteiger partial charge in [-0.25, -0.2) is 4.99 Å². The van der Waals surface area contributed by atoms with Crippen LogP contribution in [-0.2, 0) is 18.3 Å². The number of aliphatic imine (C=N–C) groups is 1. The zero-order valence-corrected chi connectivity index (χ0v) is 17.2. The van der Waals surface area contributed by atoms with E-state index in [2.05, 4.69) is 63.3 Å². The van der Waals surface area contributed by atoms with Crippen LogP contribution in [0.2, 0.25) is 0 Å². The molecule has 1 N–H and O–H groups in total. The van der Waals surface area contributed by atoms with Gasteiger partial charge in [-0.3, -0.25) is 4.68 Å². The Morgan fingerprint density at radius 2 is 2.31 bits per heavy atom. The lowest BCUT2D eigenvalue weighted by Crippen LogP contribution is -2.48. The highest BCUT2D eigenvalue weighted by molar-refractivity contribution is 9.10. The van der Waals surface area contributed by atoms with E-state index in [0.29, 0.717) is 13.2 Å². The maximum absolute atomic E-state index is 5.95. The molecule has 0 aliphatic carbocycles. The number of morpholine rings is 1. The molecule has 0 bridgehead atoms. The van der Waals surface area contributed by atoms with Gasteiger partial charge in [0.15, 0.2) is 5.96 Å². The van der Waals surface area contributed by atoms with Crippen LogP contribution in [0, 0.1) is 6.92 Å². The van der Waals surface area contributed by atoms with Gasteiger partial charge < -0.3 is 15.0 Å². The second-order valence-electron chi connectivity index (χ2n) is 6.49. The molecule has 3 rings (SSSR count). The highest BCUT2D eigenvalue weighted by atomic mass is 79.9. The Balaban J connectivity index is 1.73. The molecule has 2 aromatic rings. The van der Waals surface area contributed by atoms with Crippen LogP contribution in [0.3, 0.4) is 0 Å². The summed E-state index contributed by atoms with van der Waals surface area (Å²) in [6.07, 6.45) is 3.92. The minimum atomic E-state index is 0.0238. The van der Waals surface area contributed by atoms with Gasteiger partial charge in [-0.2, -0.15) is 5.10 Å². The number of aryl methyl sites for hydroxylation is 2. The van der Waals surface area contributed by atoms with Crippen molar-refractivity contribution in [3.05, 3.63) is 51.8 Å². The van der Waals surface area contributed by atoms with E-state index in [1.807, 2.05) is 24.1 Å². The summed E-state index contributed by atoms with van der Waals surface area (Å²) in [6.45, 7) is 8.01. The van der Waals surface area contributed by atoms with Crippen molar-refractivity contribution in [3.63, 3.8) is 0 Å². The van der Waals surface area contributed by atoms with Crippen molar-refractivity contribution in [2.75, 3.05) is 26.2 Å². The van der Waals surface area contributed by atoms with Gasteiger partial charge in [0.2, 0.25) is 0 Å². The number of hydrogen-bond donors (Lipinski definition) is 1. The van der Waals surface area contributed by atoms with Gasteiger partial charge in [0.25, 0.3) is 0 Å². The Kier molecular flexibility index (Phi) is 6.32. The van der Waals surface area contributed by atoms with E-state index in [4.69, 9.17) is 9.73 Å². The van der Waals surface area contributed by atoms with Crippen LogP contribution in [-0.4, -0.2) is 46.9 Å². The number of benzene rings is 1. The average Bonchev–Trinajstić information content (AvgIpc) is 3.06. The summed E-state index contributed by atoms with van der Waals surface area (Å²) in [5.74, 6) is 0.937. The van der Waals surface area contributed by atoms with Gasteiger partial charge >= 0.3 is 0 Å². The maximum atomic E-state index is 5.95. The molecular weight excluding hydrogens is 394 g/mol. The van der Waals surface area contributed by atoms with Crippen molar-refractivity contribution in [1.29, 1.82) is 0 Å².